The van der Waals surface area contributed by atoms with Gasteiger partial charge in [0.25, 0.3) is 0 Å². The number of nitriles is 1. The predicted molar refractivity (Wildman–Crippen MR) is 82.7 cm³/mol. The van der Waals surface area contributed by atoms with E-state index in [1.807, 2.05) is 31.2 Å². The maximum atomic E-state index is 9.15. The molecule has 2 aromatic rings. The van der Waals surface area contributed by atoms with Crippen molar-refractivity contribution in [3.8, 4) is 6.07 Å². The number of nitrogens with zero attached hydrogens (tertiary/aromatic N) is 4. The maximum absolute atomic E-state index is 9.15. The average molecular weight is 279 g/mol. The van der Waals surface area contributed by atoms with Gasteiger partial charge < -0.3 is 10.2 Å². The fraction of sp³-hybridized carbons (Fsp3) is 0.312. The summed E-state index contributed by atoms with van der Waals surface area (Å²) in [6.45, 7) is 3.98. The molecular formula is C16H17N5. The fourth-order valence-corrected chi connectivity index (χ4v) is 2.50. The molecule has 0 saturated carbocycles. The highest BCUT2D eigenvalue weighted by Crippen LogP contribution is 2.22. The largest absolute Gasteiger partial charge is 0.341 e. The molecule has 0 bridgehead atoms. The van der Waals surface area contributed by atoms with Crippen LogP contribution in [0.15, 0.2) is 30.3 Å². The second kappa shape index (κ2) is 5.80. The molecule has 0 radical (unpaired) electrons. The van der Waals surface area contributed by atoms with Crippen LogP contribution in [0.4, 0.5) is 17.5 Å². The Balaban J connectivity index is 1.90. The lowest BCUT2D eigenvalue weighted by Gasteiger charge is -2.17. The van der Waals surface area contributed by atoms with Crippen LogP contribution in [-0.2, 0) is 0 Å². The van der Waals surface area contributed by atoms with Crippen molar-refractivity contribution >= 4 is 17.5 Å². The van der Waals surface area contributed by atoms with Crippen molar-refractivity contribution in [2.45, 2.75) is 19.8 Å². The van der Waals surface area contributed by atoms with E-state index in [0.717, 1.165) is 36.2 Å². The van der Waals surface area contributed by atoms with Gasteiger partial charge in [-0.05, 0) is 31.9 Å². The Morgan fingerprint density at radius 1 is 1.19 bits per heavy atom. The number of benzene rings is 1. The summed E-state index contributed by atoms with van der Waals surface area (Å²) in [6, 6.07) is 11.5. The molecule has 106 valence electrons. The van der Waals surface area contributed by atoms with Gasteiger partial charge in [-0.15, -0.1) is 0 Å². The van der Waals surface area contributed by atoms with E-state index >= 15 is 0 Å². The molecule has 0 atom stereocenters. The van der Waals surface area contributed by atoms with Crippen LogP contribution in [-0.4, -0.2) is 23.1 Å². The van der Waals surface area contributed by atoms with Gasteiger partial charge in [0.2, 0.25) is 5.95 Å². The van der Waals surface area contributed by atoms with E-state index in [0.29, 0.717) is 5.56 Å². The van der Waals surface area contributed by atoms with Crippen molar-refractivity contribution in [3.63, 3.8) is 0 Å². The number of rotatable bonds is 3. The molecule has 0 spiro atoms. The minimum absolute atomic E-state index is 0.608. The molecule has 5 heteroatoms. The SMILES string of the molecule is Cc1cc(Nc2ccccc2C#N)nc(N2CCCC2)n1. The zero-order chi connectivity index (χ0) is 14.7. The van der Waals surface area contributed by atoms with Crippen LogP contribution in [0.25, 0.3) is 0 Å². The number of aromatic nitrogens is 2. The van der Waals surface area contributed by atoms with E-state index in [9.17, 15) is 0 Å². The van der Waals surface area contributed by atoms with Gasteiger partial charge in [0.05, 0.1) is 11.3 Å². The van der Waals surface area contributed by atoms with Gasteiger partial charge in [0, 0.05) is 24.8 Å². The van der Waals surface area contributed by atoms with Crippen molar-refractivity contribution in [2.24, 2.45) is 0 Å². The van der Waals surface area contributed by atoms with Crippen LogP contribution >= 0.6 is 0 Å². The highest BCUT2D eigenvalue weighted by atomic mass is 15.3. The average Bonchev–Trinajstić information content (AvgIpc) is 3.01. The summed E-state index contributed by atoms with van der Waals surface area (Å²) in [5.41, 5.74) is 2.30. The standard InChI is InChI=1S/C16H17N5/c1-12-10-15(19-14-7-3-2-6-13(14)11-17)20-16(18-12)21-8-4-5-9-21/h2-3,6-7,10H,4-5,8-9H2,1H3,(H,18,19,20). The second-order valence-corrected chi connectivity index (χ2v) is 5.17. The third-order valence-electron chi connectivity index (χ3n) is 3.54. The summed E-state index contributed by atoms with van der Waals surface area (Å²) >= 11 is 0. The third kappa shape index (κ3) is 2.95. The highest BCUT2D eigenvalue weighted by Gasteiger charge is 2.16. The van der Waals surface area contributed by atoms with E-state index in [-0.39, 0.29) is 0 Å². The second-order valence-electron chi connectivity index (χ2n) is 5.17. The first-order valence-corrected chi connectivity index (χ1v) is 7.13. The lowest BCUT2D eigenvalue weighted by Crippen LogP contribution is -2.21. The van der Waals surface area contributed by atoms with Gasteiger partial charge in [0.1, 0.15) is 11.9 Å². The first kappa shape index (κ1) is 13.4. The zero-order valence-electron chi connectivity index (χ0n) is 12.0. The van der Waals surface area contributed by atoms with E-state index in [1.165, 1.54) is 12.8 Å². The molecular weight excluding hydrogens is 262 g/mol. The van der Waals surface area contributed by atoms with Gasteiger partial charge >= 0.3 is 0 Å². The molecule has 1 aromatic heterocycles. The van der Waals surface area contributed by atoms with Gasteiger partial charge in [0.15, 0.2) is 0 Å². The van der Waals surface area contributed by atoms with Gasteiger partial charge in [-0.3, -0.25) is 0 Å². The molecule has 1 N–H and O–H groups in total. The molecule has 0 amide bonds. The van der Waals surface area contributed by atoms with Crippen LogP contribution in [0.2, 0.25) is 0 Å². The van der Waals surface area contributed by atoms with Crippen molar-refractivity contribution in [2.75, 3.05) is 23.3 Å². The maximum Gasteiger partial charge on any atom is 0.227 e. The molecule has 1 aliphatic heterocycles. The summed E-state index contributed by atoms with van der Waals surface area (Å²) in [7, 11) is 0. The number of hydrogen-bond acceptors (Lipinski definition) is 5. The molecule has 5 nitrogen and oxygen atoms in total. The summed E-state index contributed by atoms with van der Waals surface area (Å²) in [5, 5.41) is 12.4. The monoisotopic (exact) mass is 279 g/mol. The number of aryl methyl sites for hydroxylation is 1. The molecule has 1 saturated heterocycles. The number of hydrogen-bond donors (Lipinski definition) is 1. The Kier molecular flexibility index (Phi) is 3.69. The smallest absolute Gasteiger partial charge is 0.227 e. The Hall–Kier alpha value is -2.61. The van der Waals surface area contributed by atoms with Crippen molar-refractivity contribution in [3.05, 3.63) is 41.6 Å². The Bertz CT molecular complexity index is 683. The zero-order valence-corrected chi connectivity index (χ0v) is 12.0. The molecule has 2 heterocycles. The molecule has 3 rings (SSSR count). The topological polar surface area (TPSA) is 64.8 Å². The first-order valence-electron chi connectivity index (χ1n) is 7.13. The predicted octanol–water partition coefficient (Wildman–Crippen LogP) is 3.00. The third-order valence-corrected chi connectivity index (χ3v) is 3.54. The molecule has 1 fully saturated rings. The molecule has 1 aromatic carbocycles. The fourth-order valence-electron chi connectivity index (χ4n) is 2.50. The van der Waals surface area contributed by atoms with E-state index < -0.39 is 0 Å². The normalized spacial score (nSPS) is 14.0. The van der Waals surface area contributed by atoms with Crippen LogP contribution in [0.1, 0.15) is 24.1 Å². The summed E-state index contributed by atoms with van der Waals surface area (Å²) < 4.78 is 0. The van der Waals surface area contributed by atoms with Gasteiger partial charge in [-0.25, -0.2) is 4.98 Å². The summed E-state index contributed by atoms with van der Waals surface area (Å²) in [6.07, 6.45) is 2.38. The molecule has 0 unspecified atom stereocenters. The van der Waals surface area contributed by atoms with Crippen LogP contribution in [0.5, 0.6) is 0 Å². The van der Waals surface area contributed by atoms with Gasteiger partial charge in [-0.2, -0.15) is 10.2 Å². The van der Waals surface area contributed by atoms with E-state index in [2.05, 4.69) is 26.3 Å². The van der Waals surface area contributed by atoms with Crippen LogP contribution in [0.3, 0.4) is 0 Å². The van der Waals surface area contributed by atoms with Crippen LogP contribution < -0.4 is 10.2 Å². The Morgan fingerprint density at radius 2 is 1.95 bits per heavy atom. The minimum atomic E-state index is 0.608. The minimum Gasteiger partial charge on any atom is -0.341 e. The van der Waals surface area contributed by atoms with Crippen molar-refractivity contribution < 1.29 is 0 Å². The Labute approximate surface area is 124 Å². The number of para-hydroxylation sites is 1. The van der Waals surface area contributed by atoms with Gasteiger partial charge in [-0.1, -0.05) is 12.1 Å². The summed E-state index contributed by atoms with van der Waals surface area (Å²) in [5.74, 6) is 1.50. The lowest BCUT2D eigenvalue weighted by molar-refractivity contribution is 0.891. The molecule has 0 aliphatic carbocycles. The summed E-state index contributed by atoms with van der Waals surface area (Å²) in [4.78, 5) is 11.3. The Morgan fingerprint density at radius 3 is 2.71 bits per heavy atom. The molecule has 1 aliphatic rings. The lowest BCUT2D eigenvalue weighted by atomic mass is 10.2. The highest BCUT2D eigenvalue weighted by molar-refractivity contribution is 5.65. The number of anilines is 3. The van der Waals surface area contributed by atoms with E-state index in [4.69, 9.17) is 5.26 Å². The molecule has 21 heavy (non-hydrogen) atoms. The van der Waals surface area contributed by atoms with Crippen LogP contribution in [0, 0.1) is 18.3 Å². The van der Waals surface area contributed by atoms with Crippen molar-refractivity contribution in [1.29, 1.82) is 5.26 Å². The van der Waals surface area contributed by atoms with Crippen molar-refractivity contribution in [1.82, 2.24) is 9.97 Å². The van der Waals surface area contributed by atoms with E-state index in [1.54, 1.807) is 6.07 Å². The number of nitrogens with one attached hydrogen (secondary N) is 1. The first-order chi connectivity index (χ1) is 10.3. The quantitative estimate of drug-likeness (QED) is 0.935.